The number of phenolic OH excluding ortho intramolecular Hbond substituents is 1. The Balaban J connectivity index is 1.86. The average molecular weight is 468 g/mol. The molecule has 4 aromatic rings. The molecule has 1 N–H and O–H groups in total. The monoisotopic (exact) mass is 467 g/mol. The molecular formula is C20H10BrN3O6. The Morgan fingerprint density at radius 3 is 2.50 bits per heavy atom. The van der Waals surface area contributed by atoms with Crippen LogP contribution in [-0.4, -0.2) is 16.2 Å². The number of aliphatic imine (C=N–C) groups is 1. The summed E-state index contributed by atoms with van der Waals surface area (Å²) in [7, 11) is 0. The third kappa shape index (κ3) is 3.38. The Labute approximate surface area is 176 Å². The second-order valence-electron chi connectivity index (χ2n) is 5.93. The van der Waals surface area contributed by atoms with Crippen LogP contribution >= 0.6 is 15.9 Å². The molecule has 1 aromatic carbocycles. The highest BCUT2D eigenvalue weighted by molar-refractivity contribution is 9.10. The Hall–Kier alpha value is -4.10. The summed E-state index contributed by atoms with van der Waals surface area (Å²) in [5, 5.41) is 31.0. The van der Waals surface area contributed by atoms with Gasteiger partial charge in [0.15, 0.2) is 11.5 Å². The molecule has 0 saturated carbocycles. The van der Waals surface area contributed by atoms with Crippen LogP contribution in [0.3, 0.4) is 0 Å². The summed E-state index contributed by atoms with van der Waals surface area (Å²) in [6, 6.07) is 11.3. The van der Waals surface area contributed by atoms with Crippen LogP contribution < -0.4 is 0 Å². The molecule has 0 amide bonds. The van der Waals surface area contributed by atoms with Crippen LogP contribution in [-0.2, 0) is 0 Å². The van der Waals surface area contributed by atoms with Crippen LogP contribution in [0.1, 0.15) is 11.1 Å². The molecule has 0 fully saturated rings. The van der Waals surface area contributed by atoms with Gasteiger partial charge in [-0.25, -0.2) is 4.99 Å². The summed E-state index contributed by atoms with van der Waals surface area (Å²) in [5.41, 5.74) is 0.0134. The molecular weight excluding hydrogens is 458 g/mol. The number of aromatic hydroxyl groups is 1. The molecule has 0 unspecified atom stereocenters. The Morgan fingerprint density at radius 2 is 1.90 bits per heavy atom. The highest BCUT2D eigenvalue weighted by Crippen LogP contribution is 2.43. The summed E-state index contributed by atoms with van der Waals surface area (Å²) >= 11 is 3.16. The van der Waals surface area contributed by atoms with E-state index in [1.807, 2.05) is 6.07 Å². The zero-order valence-electron chi connectivity index (χ0n) is 14.9. The first kappa shape index (κ1) is 19.2. The van der Waals surface area contributed by atoms with Gasteiger partial charge < -0.3 is 18.4 Å². The number of furan rings is 3. The number of nitrogens with zero attached hydrogens (tertiary/aromatic N) is 3. The lowest BCUT2D eigenvalue weighted by Crippen LogP contribution is -1.92. The van der Waals surface area contributed by atoms with Gasteiger partial charge in [0.2, 0.25) is 11.6 Å². The van der Waals surface area contributed by atoms with E-state index in [4.69, 9.17) is 13.3 Å². The molecule has 3 aromatic heterocycles. The fraction of sp³-hybridized carbons (Fsp3) is 0. The van der Waals surface area contributed by atoms with Crippen LogP contribution in [0.15, 0.2) is 71.6 Å². The lowest BCUT2D eigenvalue weighted by molar-refractivity contribution is -0.385. The SMILES string of the molecule is N#Cc1c(N=Cc2cc(Br)cc([N+](=O)[O-])c2O)oc(-c2ccco2)c1-c1ccco1. The fourth-order valence-corrected chi connectivity index (χ4v) is 3.29. The molecule has 0 spiro atoms. The van der Waals surface area contributed by atoms with Crippen LogP contribution in [0.5, 0.6) is 5.75 Å². The van der Waals surface area contributed by atoms with Gasteiger partial charge >= 0.3 is 5.69 Å². The highest BCUT2D eigenvalue weighted by Gasteiger charge is 2.26. The summed E-state index contributed by atoms with van der Waals surface area (Å²) in [6.45, 7) is 0. The number of benzene rings is 1. The van der Waals surface area contributed by atoms with Crippen molar-refractivity contribution in [2.75, 3.05) is 0 Å². The molecule has 4 rings (SSSR count). The summed E-state index contributed by atoms with van der Waals surface area (Å²) in [5.74, 6) is 0.347. The number of nitro groups is 1. The third-order valence-electron chi connectivity index (χ3n) is 4.12. The first-order valence-electron chi connectivity index (χ1n) is 8.35. The summed E-state index contributed by atoms with van der Waals surface area (Å²) in [6.07, 6.45) is 4.08. The van der Waals surface area contributed by atoms with E-state index < -0.39 is 16.4 Å². The van der Waals surface area contributed by atoms with Crippen molar-refractivity contribution >= 4 is 33.7 Å². The lowest BCUT2D eigenvalue weighted by Gasteiger charge is -2.01. The van der Waals surface area contributed by atoms with Gasteiger partial charge in [0, 0.05) is 22.3 Å². The molecule has 9 nitrogen and oxygen atoms in total. The lowest BCUT2D eigenvalue weighted by atomic mass is 10.1. The number of hydrogen-bond donors (Lipinski definition) is 1. The Bertz CT molecular complexity index is 1300. The molecule has 3 heterocycles. The number of phenols is 1. The van der Waals surface area contributed by atoms with E-state index in [-0.39, 0.29) is 22.8 Å². The molecule has 0 aliphatic rings. The molecule has 10 heteroatoms. The maximum Gasteiger partial charge on any atom is 0.312 e. The molecule has 0 aliphatic heterocycles. The van der Waals surface area contributed by atoms with Gasteiger partial charge in [-0.2, -0.15) is 5.26 Å². The van der Waals surface area contributed by atoms with Crippen molar-refractivity contribution in [3.63, 3.8) is 0 Å². The zero-order valence-corrected chi connectivity index (χ0v) is 16.5. The van der Waals surface area contributed by atoms with E-state index in [1.54, 1.807) is 24.3 Å². The second kappa shape index (κ2) is 7.73. The van der Waals surface area contributed by atoms with Crippen molar-refractivity contribution in [1.29, 1.82) is 5.26 Å². The largest absolute Gasteiger partial charge is 0.502 e. The topological polar surface area (TPSA) is 139 Å². The standard InChI is InChI=1S/C20H10BrN3O6/c21-12-7-11(18(25)14(8-12)24(26)27)10-23-20-13(9-22)17(15-3-1-5-28-15)19(30-20)16-4-2-6-29-16/h1-8,10,25H. The smallest absolute Gasteiger partial charge is 0.312 e. The van der Waals surface area contributed by atoms with E-state index in [2.05, 4.69) is 20.9 Å². The quantitative estimate of drug-likeness (QED) is 0.222. The Kier molecular flexibility index (Phi) is 4.95. The van der Waals surface area contributed by atoms with Gasteiger partial charge in [0.25, 0.3) is 0 Å². The third-order valence-corrected chi connectivity index (χ3v) is 4.57. The van der Waals surface area contributed by atoms with E-state index in [1.165, 1.54) is 30.9 Å². The van der Waals surface area contributed by atoms with Gasteiger partial charge in [-0.1, -0.05) is 15.9 Å². The average Bonchev–Trinajstić information content (AvgIpc) is 3.47. The van der Waals surface area contributed by atoms with Gasteiger partial charge in [-0.15, -0.1) is 0 Å². The maximum absolute atomic E-state index is 11.1. The van der Waals surface area contributed by atoms with Crippen molar-refractivity contribution in [2.24, 2.45) is 4.99 Å². The zero-order chi connectivity index (χ0) is 21.3. The van der Waals surface area contributed by atoms with E-state index in [0.29, 0.717) is 21.6 Å². The first-order valence-corrected chi connectivity index (χ1v) is 9.14. The van der Waals surface area contributed by atoms with Crippen molar-refractivity contribution in [3.05, 3.63) is 74.6 Å². The van der Waals surface area contributed by atoms with E-state index in [0.717, 1.165) is 0 Å². The van der Waals surface area contributed by atoms with Gasteiger partial charge in [0.1, 0.15) is 17.4 Å². The van der Waals surface area contributed by atoms with Crippen molar-refractivity contribution in [1.82, 2.24) is 0 Å². The predicted octanol–water partition coefficient (Wildman–Crippen LogP) is 5.80. The van der Waals surface area contributed by atoms with Crippen LogP contribution in [0.25, 0.3) is 22.8 Å². The van der Waals surface area contributed by atoms with Crippen LogP contribution in [0.2, 0.25) is 0 Å². The number of halogens is 1. The maximum atomic E-state index is 11.1. The second-order valence-corrected chi connectivity index (χ2v) is 6.85. The van der Waals surface area contributed by atoms with Crippen molar-refractivity contribution in [3.8, 4) is 34.7 Å². The number of hydrogen-bond acceptors (Lipinski definition) is 8. The molecule has 0 radical (unpaired) electrons. The first-order chi connectivity index (χ1) is 14.5. The number of nitro benzene ring substituents is 1. The van der Waals surface area contributed by atoms with E-state index in [9.17, 15) is 20.5 Å². The molecule has 0 aliphatic carbocycles. The van der Waals surface area contributed by atoms with Gasteiger partial charge in [-0.05, 0) is 30.3 Å². The molecule has 0 atom stereocenters. The van der Waals surface area contributed by atoms with Gasteiger partial charge in [-0.3, -0.25) is 10.1 Å². The van der Waals surface area contributed by atoms with Crippen molar-refractivity contribution < 1.29 is 23.3 Å². The van der Waals surface area contributed by atoms with Crippen LogP contribution in [0.4, 0.5) is 11.6 Å². The minimum Gasteiger partial charge on any atom is -0.502 e. The number of nitriles is 1. The van der Waals surface area contributed by atoms with Crippen molar-refractivity contribution in [2.45, 2.75) is 0 Å². The summed E-state index contributed by atoms with van der Waals surface area (Å²) in [4.78, 5) is 14.5. The Morgan fingerprint density at radius 1 is 1.20 bits per heavy atom. The van der Waals surface area contributed by atoms with Crippen LogP contribution in [0, 0.1) is 21.4 Å². The minimum atomic E-state index is -0.713. The summed E-state index contributed by atoms with van der Waals surface area (Å²) < 4.78 is 17.0. The molecule has 0 bridgehead atoms. The number of rotatable bonds is 5. The molecule has 30 heavy (non-hydrogen) atoms. The normalized spacial score (nSPS) is 11.1. The highest BCUT2D eigenvalue weighted by atomic mass is 79.9. The molecule has 0 saturated heterocycles. The van der Waals surface area contributed by atoms with E-state index >= 15 is 0 Å². The minimum absolute atomic E-state index is 0.0652. The predicted molar refractivity (Wildman–Crippen MR) is 109 cm³/mol. The molecule has 148 valence electrons. The fourth-order valence-electron chi connectivity index (χ4n) is 2.82. The van der Waals surface area contributed by atoms with Gasteiger partial charge in [0.05, 0.1) is 23.0 Å².